The van der Waals surface area contributed by atoms with Crippen LogP contribution in [0.25, 0.3) is 0 Å². The molecule has 4 aliphatic rings. The SMILES string of the molecule is CCc1csc(C23CC4CC(CC(C4)C2)C3)n1. The van der Waals surface area contributed by atoms with Crippen molar-refractivity contribution < 1.29 is 0 Å². The molecule has 4 fully saturated rings. The Morgan fingerprint density at radius 2 is 1.76 bits per heavy atom. The fourth-order valence-corrected chi connectivity index (χ4v) is 6.22. The molecule has 4 saturated carbocycles. The number of rotatable bonds is 2. The van der Waals surface area contributed by atoms with Crippen LogP contribution in [0.5, 0.6) is 0 Å². The van der Waals surface area contributed by atoms with E-state index < -0.39 is 0 Å². The first-order valence-corrected chi connectivity index (χ1v) is 8.10. The van der Waals surface area contributed by atoms with Crippen molar-refractivity contribution in [3.63, 3.8) is 0 Å². The molecule has 0 N–H and O–H groups in total. The number of nitrogens with zero attached hydrogens (tertiary/aromatic N) is 1. The first kappa shape index (κ1) is 10.5. The molecular weight excluding hydrogens is 226 g/mol. The van der Waals surface area contributed by atoms with E-state index in [1.54, 1.807) is 0 Å². The van der Waals surface area contributed by atoms with Gasteiger partial charge < -0.3 is 0 Å². The minimum absolute atomic E-state index is 0.521. The molecule has 1 aromatic rings. The van der Waals surface area contributed by atoms with Gasteiger partial charge in [0.2, 0.25) is 0 Å². The second kappa shape index (κ2) is 3.57. The molecule has 0 spiro atoms. The highest BCUT2D eigenvalue weighted by atomic mass is 32.1. The van der Waals surface area contributed by atoms with Crippen molar-refractivity contribution in [3.05, 3.63) is 16.1 Å². The molecule has 1 nitrogen and oxygen atoms in total. The fraction of sp³-hybridized carbons (Fsp3) is 0.800. The molecule has 0 aliphatic heterocycles. The Hall–Kier alpha value is -0.370. The number of hydrogen-bond donors (Lipinski definition) is 0. The summed E-state index contributed by atoms with van der Waals surface area (Å²) < 4.78 is 0. The Morgan fingerprint density at radius 1 is 1.18 bits per heavy atom. The average Bonchev–Trinajstić information content (AvgIpc) is 2.76. The summed E-state index contributed by atoms with van der Waals surface area (Å²) in [5, 5.41) is 3.79. The zero-order valence-electron chi connectivity index (χ0n) is 10.6. The molecule has 0 atom stereocenters. The maximum Gasteiger partial charge on any atom is 0.0990 e. The predicted octanol–water partition coefficient (Wildman–Crippen LogP) is 4.17. The van der Waals surface area contributed by atoms with E-state index in [2.05, 4.69) is 12.3 Å². The summed E-state index contributed by atoms with van der Waals surface area (Å²) in [5.74, 6) is 3.11. The quantitative estimate of drug-likeness (QED) is 0.764. The van der Waals surface area contributed by atoms with Crippen molar-refractivity contribution in [3.8, 4) is 0 Å². The van der Waals surface area contributed by atoms with E-state index >= 15 is 0 Å². The summed E-state index contributed by atoms with van der Waals surface area (Å²) in [6, 6.07) is 0. The molecule has 1 heterocycles. The van der Waals surface area contributed by atoms with E-state index in [9.17, 15) is 0 Å². The van der Waals surface area contributed by atoms with Gasteiger partial charge in [0, 0.05) is 10.8 Å². The van der Waals surface area contributed by atoms with Crippen LogP contribution in [0.4, 0.5) is 0 Å². The first-order chi connectivity index (χ1) is 8.27. The molecule has 92 valence electrons. The van der Waals surface area contributed by atoms with Gasteiger partial charge in [-0.05, 0) is 62.7 Å². The Morgan fingerprint density at radius 3 is 2.24 bits per heavy atom. The third-order valence-corrected chi connectivity index (χ3v) is 6.54. The molecule has 0 aromatic carbocycles. The Labute approximate surface area is 108 Å². The summed E-state index contributed by atoms with van der Waals surface area (Å²) in [4.78, 5) is 4.94. The zero-order chi connectivity index (χ0) is 11.5. The van der Waals surface area contributed by atoms with Gasteiger partial charge in [0.15, 0.2) is 0 Å². The maximum absolute atomic E-state index is 4.94. The lowest BCUT2D eigenvalue weighted by molar-refractivity contribution is -0.00533. The monoisotopic (exact) mass is 247 g/mol. The lowest BCUT2D eigenvalue weighted by Gasteiger charge is -2.56. The van der Waals surface area contributed by atoms with E-state index in [4.69, 9.17) is 4.98 Å². The van der Waals surface area contributed by atoms with Gasteiger partial charge in [-0.15, -0.1) is 11.3 Å². The molecule has 0 amide bonds. The molecule has 0 unspecified atom stereocenters. The lowest BCUT2D eigenvalue weighted by Crippen LogP contribution is -2.48. The predicted molar refractivity (Wildman–Crippen MR) is 71.3 cm³/mol. The molecule has 2 heteroatoms. The van der Waals surface area contributed by atoms with Gasteiger partial charge in [0.05, 0.1) is 10.7 Å². The molecular formula is C15H21NS. The number of thiazole rings is 1. The standard InChI is InChI=1S/C15H21NS/c1-2-13-9-17-14(16-13)15-6-10-3-11(7-15)5-12(4-10)8-15/h9-12H,2-8H2,1H3. The minimum atomic E-state index is 0.521. The molecule has 4 aliphatic carbocycles. The molecule has 4 bridgehead atoms. The van der Waals surface area contributed by atoms with Crippen molar-refractivity contribution in [2.24, 2.45) is 17.8 Å². The van der Waals surface area contributed by atoms with Gasteiger partial charge in [-0.2, -0.15) is 0 Å². The highest BCUT2D eigenvalue weighted by Gasteiger charge is 2.52. The van der Waals surface area contributed by atoms with Crippen LogP contribution in [-0.4, -0.2) is 4.98 Å². The van der Waals surface area contributed by atoms with Crippen LogP contribution in [0.2, 0.25) is 0 Å². The fourth-order valence-electron chi connectivity index (χ4n) is 5.09. The van der Waals surface area contributed by atoms with Crippen LogP contribution < -0.4 is 0 Å². The molecule has 0 radical (unpaired) electrons. The summed E-state index contributed by atoms with van der Waals surface area (Å²) in [6.07, 6.45) is 10.1. The van der Waals surface area contributed by atoms with Crippen LogP contribution in [0.15, 0.2) is 5.38 Å². The topological polar surface area (TPSA) is 12.9 Å². The van der Waals surface area contributed by atoms with Crippen molar-refractivity contribution >= 4 is 11.3 Å². The largest absolute Gasteiger partial charge is 0.246 e. The summed E-state index contributed by atoms with van der Waals surface area (Å²) in [6.45, 7) is 2.22. The van der Waals surface area contributed by atoms with Crippen LogP contribution in [-0.2, 0) is 11.8 Å². The Bertz CT molecular complexity index is 399. The van der Waals surface area contributed by atoms with E-state index in [0.29, 0.717) is 5.41 Å². The van der Waals surface area contributed by atoms with Gasteiger partial charge in [-0.3, -0.25) is 0 Å². The van der Waals surface area contributed by atoms with Crippen LogP contribution in [0.1, 0.15) is 56.2 Å². The number of aryl methyl sites for hydroxylation is 1. The van der Waals surface area contributed by atoms with E-state index in [1.807, 2.05) is 11.3 Å². The van der Waals surface area contributed by atoms with E-state index in [-0.39, 0.29) is 0 Å². The third-order valence-electron chi connectivity index (χ3n) is 5.41. The van der Waals surface area contributed by atoms with Crippen molar-refractivity contribution in [2.45, 2.75) is 57.3 Å². The molecule has 5 rings (SSSR count). The first-order valence-electron chi connectivity index (χ1n) is 7.22. The summed E-state index contributed by atoms with van der Waals surface area (Å²) in [5.41, 5.74) is 1.84. The molecule has 1 aromatic heterocycles. The average molecular weight is 247 g/mol. The van der Waals surface area contributed by atoms with Crippen molar-refractivity contribution in [1.29, 1.82) is 0 Å². The highest BCUT2D eigenvalue weighted by Crippen LogP contribution is 2.61. The lowest BCUT2D eigenvalue weighted by atomic mass is 9.50. The van der Waals surface area contributed by atoms with E-state index in [1.165, 1.54) is 49.2 Å². The van der Waals surface area contributed by atoms with Crippen molar-refractivity contribution in [1.82, 2.24) is 4.98 Å². The van der Waals surface area contributed by atoms with Gasteiger partial charge in [-0.1, -0.05) is 6.92 Å². The van der Waals surface area contributed by atoms with Gasteiger partial charge >= 0.3 is 0 Å². The van der Waals surface area contributed by atoms with Crippen LogP contribution >= 0.6 is 11.3 Å². The Balaban J connectivity index is 1.72. The number of hydrogen-bond acceptors (Lipinski definition) is 2. The maximum atomic E-state index is 4.94. The second-order valence-corrected chi connectivity index (χ2v) is 7.55. The van der Waals surface area contributed by atoms with Crippen LogP contribution in [0.3, 0.4) is 0 Å². The van der Waals surface area contributed by atoms with Gasteiger partial charge in [0.25, 0.3) is 0 Å². The second-order valence-electron chi connectivity index (χ2n) is 6.70. The number of aromatic nitrogens is 1. The van der Waals surface area contributed by atoms with Gasteiger partial charge in [0.1, 0.15) is 0 Å². The van der Waals surface area contributed by atoms with E-state index in [0.717, 1.165) is 24.2 Å². The molecule has 0 saturated heterocycles. The van der Waals surface area contributed by atoms with Crippen LogP contribution in [0, 0.1) is 17.8 Å². The minimum Gasteiger partial charge on any atom is -0.246 e. The van der Waals surface area contributed by atoms with Gasteiger partial charge in [-0.25, -0.2) is 4.98 Å². The van der Waals surface area contributed by atoms with Crippen molar-refractivity contribution in [2.75, 3.05) is 0 Å². The highest BCUT2D eigenvalue weighted by molar-refractivity contribution is 7.09. The smallest absolute Gasteiger partial charge is 0.0990 e. The normalized spacial score (nSPS) is 43.2. The molecule has 17 heavy (non-hydrogen) atoms. The summed E-state index contributed by atoms with van der Waals surface area (Å²) >= 11 is 1.95. The zero-order valence-corrected chi connectivity index (χ0v) is 11.4. The Kier molecular flexibility index (Phi) is 2.21. The third kappa shape index (κ3) is 1.53. The summed E-state index contributed by atoms with van der Waals surface area (Å²) in [7, 11) is 0.